The molecule has 0 radical (unpaired) electrons. The molecule has 1 N–H and O–H groups in total. The van der Waals surface area contributed by atoms with E-state index >= 15 is 0 Å². The van der Waals surface area contributed by atoms with Crippen molar-refractivity contribution in [3.05, 3.63) is 36.5 Å². The van der Waals surface area contributed by atoms with Gasteiger partial charge in [0.1, 0.15) is 5.60 Å². The van der Waals surface area contributed by atoms with E-state index in [1.807, 2.05) is 65.0 Å². The molecule has 1 aromatic carbocycles. The molecule has 30 heavy (non-hydrogen) atoms. The fourth-order valence-electron chi connectivity index (χ4n) is 3.54. The lowest BCUT2D eigenvalue weighted by atomic mass is 9.91. The van der Waals surface area contributed by atoms with Gasteiger partial charge in [0.25, 0.3) is 0 Å². The number of anilines is 1. The standard InChI is InChI=1S/C23H32N4O3/c1-22(2,3)30-21(29)27-14-12-26(13-15-27)16-23(4,5)20(28)25-18-10-6-8-17-9-7-11-24-19(17)18/h6-11H,12-16H2,1-5H3,(H,25,28). The minimum absolute atomic E-state index is 0.0461. The molecule has 1 aliphatic rings. The molecule has 2 amide bonds. The highest BCUT2D eigenvalue weighted by Gasteiger charge is 2.33. The molecule has 2 heterocycles. The van der Waals surface area contributed by atoms with Gasteiger partial charge in [-0.3, -0.25) is 14.7 Å². The Morgan fingerprint density at radius 2 is 1.70 bits per heavy atom. The summed E-state index contributed by atoms with van der Waals surface area (Å²) in [7, 11) is 0. The summed E-state index contributed by atoms with van der Waals surface area (Å²) in [5, 5.41) is 4.05. The molecule has 2 aromatic rings. The molecule has 0 saturated carbocycles. The van der Waals surface area contributed by atoms with Crippen molar-refractivity contribution in [1.82, 2.24) is 14.8 Å². The van der Waals surface area contributed by atoms with Crippen molar-refractivity contribution in [2.24, 2.45) is 5.41 Å². The molecule has 1 aliphatic heterocycles. The van der Waals surface area contributed by atoms with Crippen molar-refractivity contribution >= 4 is 28.6 Å². The van der Waals surface area contributed by atoms with Gasteiger partial charge >= 0.3 is 6.09 Å². The molecule has 1 saturated heterocycles. The number of carbonyl (C=O) groups excluding carboxylic acids is 2. The molecular weight excluding hydrogens is 380 g/mol. The van der Waals surface area contributed by atoms with E-state index in [9.17, 15) is 9.59 Å². The number of fused-ring (bicyclic) bond motifs is 1. The van der Waals surface area contributed by atoms with Crippen LogP contribution in [-0.4, -0.2) is 65.1 Å². The second kappa shape index (κ2) is 8.60. The van der Waals surface area contributed by atoms with Gasteiger partial charge in [-0.1, -0.05) is 18.2 Å². The lowest BCUT2D eigenvalue weighted by molar-refractivity contribution is -0.125. The fraction of sp³-hybridized carbons (Fsp3) is 0.522. The number of hydrogen-bond acceptors (Lipinski definition) is 5. The Labute approximate surface area is 178 Å². The van der Waals surface area contributed by atoms with Crippen LogP contribution in [0.15, 0.2) is 36.5 Å². The first-order valence-corrected chi connectivity index (χ1v) is 10.4. The minimum atomic E-state index is -0.592. The Balaban J connectivity index is 1.57. The van der Waals surface area contributed by atoms with Crippen molar-refractivity contribution in [2.45, 2.75) is 40.2 Å². The maximum absolute atomic E-state index is 13.0. The zero-order chi connectivity index (χ0) is 21.9. The Kier molecular flexibility index (Phi) is 6.31. The zero-order valence-corrected chi connectivity index (χ0v) is 18.6. The normalized spacial score (nSPS) is 15.8. The lowest BCUT2D eigenvalue weighted by Crippen LogP contribution is -2.53. The molecule has 162 valence electrons. The summed E-state index contributed by atoms with van der Waals surface area (Å²) in [5.74, 6) is -0.0461. The first-order valence-electron chi connectivity index (χ1n) is 10.4. The number of amides is 2. The fourth-order valence-corrected chi connectivity index (χ4v) is 3.54. The van der Waals surface area contributed by atoms with Crippen molar-refractivity contribution in [3.8, 4) is 0 Å². The lowest BCUT2D eigenvalue weighted by Gasteiger charge is -2.38. The molecule has 7 nitrogen and oxygen atoms in total. The van der Waals surface area contributed by atoms with Crippen LogP contribution in [0.5, 0.6) is 0 Å². The van der Waals surface area contributed by atoms with Crippen LogP contribution in [0, 0.1) is 5.41 Å². The van der Waals surface area contributed by atoms with Crippen LogP contribution >= 0.6 is 0 Å². The smallest absolute Gasteiger partial charge is 0.410 e. The summed E-state index contributed by atoms with van der Waals surface area (Å²) in [5.41, 5.74) is 0.423. The number of nitrogens with zero attached hydrogens (tertiary/aromatic N) is 3. The topological polar surface area (TPSA) is 74.8 Å². The average molecular weight is 413 g/mol. The molecule has 7 heteroatoms. The highest BCUT2D eigenvalue weighted by molar-refractivity contribution is 6.02. The molecule has 3 rings (SSSR count). The van der Waals surface area contributed by atoms with E-state index < -0.39 is 11.0 Å². The highest BCUT2D eigenvalue weighted by atomic mass is 16.6. The van der Waals surface area contributed by atoms with E-state index in [0.717, 1.165) is 16.6 Å². The molecule has 0 atom stereocenters. The SMILES string of the molecule is CC(C)(C)OC(=O)N1CCN(CC(C)(C)C(=O)Nc2cccc3cccnc23)CC1. The van der Waals surface area contributed by atoms with E-state index in [4.69, 9.17) is 4.74 Å². The number of aromatic nitrogens is 1. The number of ether oxygens (including phenoxy) is 1. The third kappa shape index (κ3) is 5.48. The van der Waals surface area contributed by atoms with Crippen LogP contribution in [0.2, 0.25) is 0 Å². The summed E-state index contributed by atoms with van der Waals surface area (Å²) in [4.78, 5) is 33.6. The Morgan fingerprint density at radius 1 is 1.03 bits per heavy atom. The monoisotopic (exact) mass is 412 g/mol. The quantitative estimate of drug-likeness (QED) is 0.828. The molecule has 0 unspecified atom stereocenters. The van der Waals surface area contributed by atoms with Crippen molar-refractivity contribution in [2.75, 3.05) is 38.0 Å². The summed E-state index contributed by atoms with van der Waals surface area (Å²) < 4.78 is 5.45. The van der Waals surface area contributed by atoms with E-state index in [1.54, 1.807) is 11.1 Å². The van der Waals surface area contributed by atoms with Gasteiger partial charge in [-0.05, 0) is 46.8 Å². The average Bonchev–Trinajstić information content (AvgIpc) is 2.67. The van der Waals surface area contributed by atoms with Gasteiger partial charge in [0.2, 0.25) is 5.91 Å². The summed E-state index contributed by atoms with van der Waals surface area (Å²) >= 11 is 0. The Hall–Kier alpha value is -2.67. The van der Waals surface area contributed by atoms with Gasteiger partial charge in [0, 0.05) is 44.3 Å². The number of para-hydroxylation sites is 1. The Bertz CT molecular complexity index is 907. The molecular formula is C23H32N4O3. The number of rotatable bonds is 4. The van der Waals surface area contributed by atoms with E-state index in [-0.39, 0.29) is 12.0 Å². The molecule has 0 aliphatic carbocycles. The molecule has 1 aromatic heterocycles. The van der Waals surface area contributed by atoms with Crippen LogP contribution in [0.25, 0.3) is 10.9 Å². The second-order valence-electron chi connectivity index (χ2n) is 9.46. The van der Waals surface area contributed by atoms with E-state index in [2.05, 4.69) is 15.2 Å². The van der Waals surface area contributed by atoms with Gasteiger partial charge in [-0.15, -0.1) is 0 Å². The third-order valence-corrected chi connectivity index (χ3v) is 5.14. The highest BCUT2D eigenvalue weighted by Crippen LogP contribution is 2.25. The van der Waals surface area contributed by atoms with Crippen LogP contribution < -0.4 is 5.32 Å². The number of benzene rings is 1. The molecule has 0 spiro atoms. The van der Waals surface area contributed by atoms with E-state index in [0.29, 0.717) is 32.7 Å². The van der Waals surface area contributed by atoms with Gasteiger partial charge in [0.15, 0.2) is 0 Å². The summed E-state index contributed by atoms with van der Waals surface area (Å²) in [6.45, 7) is 12.7. The van der Waals surface area contributed by atoms with Crippen LogP contribution in [0.3, 0.4) is 0 Å². The summed E-state index contributed by atoms with van der Waals surface area (Å²) in [6.07, 6.45) is 1.45. The maximum Gasteiger partial charge on any atom is 0.410 e. The molecule has 0 bridgehead atoms. The van der Waals surface area contributed by atoms with Crippen molar-refractivity contribution in [1.29, 1.82) is 0 Å². The van der Waals surface area contributed by atoms with Gasteiger partial charge in [-0.25, -0.2) is 4.79 Å². The first-order chi connectivity index (χ1) is 14.0. The molecule has 1 fully saturated rings. The van der Waals surface area contributed by atoms with Crippen molar-refractivity contribution in [3.63, 3.8) is 0 Å². The third-order valence-electron chi connectivity index (χ3n) is 5.14. The van der Waals surface area contributed by atoms with E-state index in [1.165, 1.54) is 0 Å². The maximum atomic E-state index is 13.0. The number of pyridine rings is 1. The Morgan fingerprint density at radius 3 is 2.37 bits per heavy atom. The van der Waals surface area contributed by atoms with Crippen LogP contribution in [-0.2, 0) is 9.53 Å². The predicted octanol–water partition coefficient (Wildman–Crippen LogP) is 3.75. The van der Waals surface area contributed by atoms with Gasteiger partial charge in [0.05, 0.1) is 16.6 Å². The summed E-state index contributed by atoms with van der Waals surface area (Å²) in [6, 6.07) is 9.64. The van der Waals surface area contributed by atoms with Crippen LogP contribution in [0.1, 0.15) is 34.6 Å². The van der Waals surface area contributed by atoms with Crippen molar-refractivity contribution < 1.29 is 14.3 Å². The zero-order valence-electron chi connectivity index (χ0n) is 18.6. The number of hydrogen-bond donors (Lipinski definition) is 1. The van der Waals surface area contributed by atoms with Gasteiger partial charge in [-0.2, -0.15) is 0 Å². The number of carbonyl (C=O) groups is 2. The van der Waals surface area contributed by atoms with Crippen LogP contribution in [0.4, 0.5) is 10.5 Å². The number of piperazine rings is 1. The minimum Gasteiger partial charge on any atom is -0.444 e. The first kappa shape index (κ1) is 22.0. The number of nitrogens with one attached hydrogen (secondary N) is 1. The van der Waals surface area contributed by atoms with Gasteiger partial charge < -0.3 is 15.0 Å². The largest absolute Gasteiger partial charge is 0.444 e. The second-order valence-corrected chi connectivity index (χ2v) is 9.46. The predicted molar refractivity (Wildman–Crippen MR) is 118 cm³/mol.